The van der Waals surface area contributed by atoms with E-state index in [1.54, 1.807) is 0 Å². The van der Waals surface area contributed by atoms with E-state index in [9.17, 15) is 9.59 Å². The maximum absolute atomic E-state index is 12.1. The highest BCUT2D eigenvalue weighted by Crippen LogP contribution is 2.26. The van der Waals surface area contributed by atoms with Crippen LogP contribution in [0.2, 0.25) is 0 Å². The molecular formula is C16H21N5O3. The number of aromatic nitrogens is 2. The van der Waals surface area contributed by atoms with Crippen molar-refractivity contribution in [2.45, 2.75) is 32.7 Å². The molecule has 8 nitrogen and oxygen atoms in total. The summed E-state index contributed by atoms with van der Waals surface area (Å²) in [6, 6.07) is 7.29. The van der Waals surface area contributed by atoms with Gasteiger partial charge in [0.05, 0.1) is 6.54 Å². The molecular weight excluding hydrogens is 310 g/mol. The molecule has 24 heavy (non-hydrogen) atoms. The largest absolute Gasteiger partial charge is 0.352 e. The molecule has 0 unspecified atom stereocenters. The van der Waals surface area contributed by atoms with E-state index in [1.807, 2.05) is 24.3 Å². The number of para-hydroxylation sites is 1. The van der Waals surface area contributed by atoms with Gasteiger partial charge in [0.2, 0.25) is 5.89 Å². The van der Waals surface area contributed by atoms with Gasteiger partial charge in [0.15, 0.2) is 0 Å². The number of hydrogen-bond acceptors (Lipinski definition) is 5. The molecule has 0 bridgehead atoms. The third-order valence-electron chi connectivity index (χ3n) is 3.65. The van der Waals surface area contributed by atoms with Crippen LogP contribution in [0.1, 0.15) is 48.3 Å². The monoisotopic (exact) mass is 331 g/mol. The molecule has 0 radical (unpaired) electrons. The number of amides is 3. The van der Waals surface area contributed by atoms with E-state index < -0.39 is 5.91 Å². The molecule has 3 amide bonds. The Labute approximate surface area is 140 Å². The van der Waals surface area contributed by atoms with Crippen LogP contribution in [-0.4, -0.2) is 29.1 Å². The number of urea groups is 1. The van der Waals surface area contributed by atoms with Crippen LogP contribution >= 0.6 is 0 Å². The fourth-order valence-electron chi connectivity index (χ4n) is 2.11. The number of nitrogens with zero attached hydrogens (tertiary/aromatic N) is 2. The quantitative estimate of drug-likeness (QED) is 0.752. The average Bonchev–Trinajstić information content (AvgIpc) is 3.08. The molecule has 0 aliphatic carbocycles. The van der Waals surface area contributed by atoms with Crippen LogP contribution < -0.4 is 16.0 Å². The molecule has 8 heteroatoms. The topological polar surface area (TPSA) is 109 Å². The molecule has 1 atom stereocenters. The predicted octanol–water partition coefficient (Wildman–Crippen LogP) is 2.26. The number of benzene rings is 1. The lowest BCUT2D eigenvalue weighted by Crippen LogP contribution is -2.29. The van der Waals surface area contributed by atoms with Crippen molar-refractivity contribution in [1.29, 1.82) is 0 Å². The van der Waals surface area contributed by atoms with Gasteiger partial charge in [0.25, 0.3) is 11.7 Å². The van der Waals surface area contributed by atoms with Gasteiger partial charge in [0.1, 0.15) is 0 Å². The van der Waals surface area contributed by atoms with Crippen molar-refractivity contribution in [2.75, 3.05) is 12.4 Å². The van der Waals surface area contributed by atoms with E-state index in [4.69, 9.17) is 4.52 Å². The summed E-state index contributed by atoms with van der Waals surface area (Å²) < 4.78 is 4.90. The third-order valence-corrected chi connectivity index (χ3v) is 3.65. The molecule has 0 aliphatic rings. The smallest absolute Gasteiger partial charge is 0.319 e. The first-order valence-electron chi connectivity index (χ1n) is 7.73. The first-order chi connectivity index (χ1) is 11.5. The van der Waals surface area contributed by atoms with Gasteiger partial charge in [0, 0.05) is 12.7 Å². The van der Waals surface area contributed by atoms with Gasteiger partial charge in [-0.1, -0.05) is 37.2 Å². The maximum Gasteiger partial charge on any atom is 0.319 e. The first kappa shape index (κ1) is 17.5. The lowest BCUT2D eigenvalue weighted by Gasteiger charge is -2.15. The van der Waals surface area contributed by atoms with E-state index in [2.05, 4.69) is 39.9 Å². The minimum atomic E-state index is -0.447. The molecule has 0 spiro atoms. The third kappa shape index (κ3) is 4.31. The minimum absolute atomic E-state index is 0.0291. The Kier molecular flexibility index (Phi) is 5.89. The van der Waals surface area contributed by atoms with Crippen LogP contribution in [0, 0.1) is 0 Å². The Morgan fingerprint density at radius 2 is 2.04 bits per heavy atom. The molecule has 0 saturated carbocycles. The zero-order valence-corrected chi connectivity index (χ0v) is 13.9. The van der Waals surface area contributed by atoms with Crippen LogP contribution in [0.25, 0.3) is 0 Å². The van der Waals surface area contributed by atoms with Crippen molar-refractivity contribution in [2.24, 2.45) is 0 Å². The second kappa shape index (κ2) is 8.09. The summed E-state index contributed by atoms with van der Waals surface area (Å²) in [5.74, 6) is -0.0275. The lowest BCUT2D eigenvalue weighted by molar-refractivity contribution is 0.0950. The summed E-state index contributed by atoms with van der Waals surface area (Å²) in [4.78, 5) is 27.3. The Morgan fingerprint density at radius 3 is 2.75 bits per heavy atom. The number of carbonyl (C=O) groups is 2. The zero-order chi connectivity index (χ0) is 17.5. The van der Waals surface area contributed by atoms with Crippen molar-refractivity contribution in [3.05, 3.63) is 41.5 Å². The fourth-order valence-corrected chi connectivity index (χ4v) is 2.11. The highest BCUT2D eigenvalue weighted by atomic mass is 16.5. The molecule has 2 aromatic rings. The molecule has 0 saturated heterocycles. The molecule has 1 heterocycles. The van der Waals surface area contributed by atoms with Gasteiger partial charge >= 0.3 is 6.03 Å². The number of hydrogen-bond donors (Lipinski definition) is 3. The normalized spacial score (nSPS) is 11.6. The second-order valence-corrected chi connectivity index (χ2v) is 5.30. The van der Waals surface area contributed by atoms with Gasteiger partial charge in [-0.15, -0.1) is 0 Å². The number of nitrogens with one attached hydrogen (secondary N) is 3. The van der Waals surface area contributed by atoms with Crippen molar-refractivity contribution in [3.8, 4) is 0 Å². The summed E-state index contributed by atoms with van der Waals surface area (Å²) in [5, 5.41) is 11.4. The molecule has 2 rings (SSSR count). The second-order valence-electron chi connectivity index (χ2n) is 5.30. The Hall–Kier alpha value is -2.90. The van der Waals surface area contributed by atoms with E-state index in [0.717, 1.165) is 17.7 Å². The molecule has 0 aliphatic heterocycles. The fraction of sp³-hybridized carbons (Fsp3) is 0.375. The van der Waals surface area contributed by atoms with E-state index >= 15 is 0 Å². The molecule has 0 fully saturated rings. The van der Waals surface area contributed by atoms with Gasteiger partial charge in [-0.2, -0.15) is 4.98 Å². The van der Waals surface area contributed by atoms with Gasteiger partial charge in [-0.25, -0.2) is 4.79 Å². The lowest BCUT2D eigenvalue weighted by atomic mass is 9.97. The van der Waals surface area contributed by atoms with E-state index in [-0.39, 0.29) is 24.3 Å². The number of rotatable bonds is 6. The van der Waals surface area contributed by atoms with Gasteiger partial charge in [-0.3, -0.25) is 4.79 Å². The summed E-state index contributed by atoms with van der Waals surface area (Å²) in [7, 11) is 1.47. The SMILES string of the molecule is CC[C@H](C)c1ccccc1NC(=O)NCc1nc(C(=O)NC)no1. The molecule has 3 N–H and O–H groups in total. The number of carbonyl (C=O) groups excluding carboxylic acids is 2. The van der Waals surface area contributed by atoms with Crippen LogP contribution in [0.15, 0.2) is 28.8 Å². The van der Waals surface area contributed by atoms with E-state index in [0.29, 0.717) is 5.92 Å². The minimum Gasteiger partial charge on any atom is -0.352 e. The first-order valence-corrected chi connectivity index (χ1v) is 7.73. The zero-order valence-electron chi connectivity index (χ0n) is 13.9. The average molecular weight is 331 g/mol. The van der Waals surface area contributed by atoms with Crippen molar-refractivity contribution < 1.29 is 14.1 Å². The van der Waals surface area contributed by atoms with Crippen LogP contribution in [-0.2, 0) is 6.54 Å². The van der Waals surface area contributed by atoms with E-state index in [1.165, 1.54) is 7.05 Å². The van der Waals surface area contributed by atoms with Gasteiger partial charge < -0.3 is 20.5 Å². The molecule has 1 aromatic heterocycles. The number of anilines is 1. The summed E-state index contributed by atoms with van der Waals surface area (Å²) in [5.41, 5.74) is 1.84. The van der Waals surface area contributed by atoms with Crippen molar-refractivity contribution >= 4 is 17.6 Å². The highest BCUT2D eigenvalue weighted by Gasteiger charge is 2.14. The van der Waals surface area contributed by atoms with Crippen LogP contribution in [0.3, 0.4) is 0 Å². The summed E-state index contributed by atoms with van der Waals surface area (Å²) in [6.07, 6.45) is 0.977. The summed E-state index contributed by atoms with van der Waals surface area (Å²) >= 11 is 0. The van der Waals surface area contributed by atoms with Crippen molar-refractivity contribution in [3.63, 3.8) is 0 Å². The van der Waals surface area contributed by atoms with Crippen LogP contribution in [0.4, 0.5) is 10.5 Å². The van der Waals surface area contributed by atoms with Crippen molar-refractivity contribution in [1.82, 2.24) is 20.8 Å². The predicted molar refractivity (Wildman–Crippen MR) is 88.7 cm³/mol. The summed E-state index contributed by atoms with van der Waals surface area (Å²) in [6.45, 7) is 4.24. The Morgan fingerprint density at radius 1 is 1.29 bits per heavy atom. The highest BCUT2D eigenvalue weighted by molar-refractivity contribution is 5.90. The standard InChI is InChI=1S/C16H21N5O3/c1-4-10(2)11-7-5-6-8-12(11)19-16(23)18-9-13-20-14(21-24-13)15(22)17-3/h5-8,10H,4,9H2,1-3H3,(H,17,22)(H2,18,19,23)/t10-/m0/s1. The van der Waals surface area contributed by atoms with Crippen LogP contribution in [0.5, 0.6) is 0 Å². The maximum atomic E-state index is 12.1. The molecule has 128 valence electrons. The molecule has 1 aromatic carbocycles. The Bertz CT molecular complexity index is 713. The van der Waals surface area contributed by atoms with Gasteiger partial charge in [-0.05, 0) is 24.0 Å². The Balaban J connectivity index is 1.94.